The van der Waals surface area contributed by atoms with E-state index < -0.39 is 11.6 Å². The molecule has 1 aromatic rings. The Hall–Kier alpha value is -1.20. The van der Waals surface area contributed by atoms with Crippen LogP contribution in [0.2, 0.25) is 0 Å². The van der Waals surface area contributed by atoms with Crippen molar-refractivity contribution >= 4 is 0 Å². The van der Waals surface area contributed by atoms with Crippen LogP contribution in [0.1, 0.15) is 38.5 Å². The van der Waals surface area contributed by atoms with Gasteiger partial charge in [0.25, 0.3) is 0 Å². The fraction of sp³-hybridized carbons (Fsp3) is 0.625. The Balaban J connectivity index is 1.67. The molecule has 21 heavy (non-hydrogen) atoms. The van der Waals surface area contributed by atoms with Gasteiger partial charge < -0.3 is 15.2 Å². The number of benzene rings is 1. The highest BCUT2D eigenvalue weighted by atomic mass is 19.1. The van der Waals surface area contributed by atoms with Crippen LogP contribution in [0.3, 0.4) is 0 Å². The second-order valence-electron chi connectivity index (χ2n) is 6.30. The van der Waals surface area contributed by atoms with E-state index in [9.17, 15) is 13.9 Å². The van der Waals surface area contributed by atoms with Gasteiger partial charge in [0.05, 0.1) is 6.61 Å². The van der Waals surface area contributed by atoms with Gasteiger partial charge in [-0.2, -0.15) is 0 Å². The predicted octanol–water partition coefficient (Wildman–Crippen LogP) is 2.77. The Bertz CT molecular complexity index is 487. The number of ether oxygens (including phenoxy) is 1. The van der Waals surface area contributed by atoms with Crippen LogP contribution < -0.4 is 10.1 Å². The number of hydrogen-bond acceptors (Lipinski definition) is 3. The van der Waals surface area contributed by atoms with E-state index in [4.69, 9.17) is 4.74 Å². The van der Waals surface area contributed by atoms with E-state index in [-0.39, 0.29) is 24.0 Å². The number of aliphatic hydroxyl groups is 1. The van der Waals surface area contributed by atoms with E-state index in [1.165, 1.54) is 12.1 Å². The van der Waals surface area contributed by atoms with Gasteiger partial charge in [-0.05, 0) is 32.1 Å². The second kappa shape index (κ2) is 5.89. The van der Waals surface area contributed by atoms with Gasteiger partial charge in [0.15, 0.2) is 0 Å². The summed E-state index contributed by atoms with van der Waals surface area (Å²) in [6, 6.07) is 3.74. The first-order valence-electron chi connectivity index (χ1n) is 7.60. The average Bonchev–Trinajstić information content (AvgIpc) is 3.21. The van der Waals surface area contributed by atoms with Crippen molar-refractivity contribution in [2.24, 2.45) is 0 Å². The SMILES string of the molecule is OCC1(NC2CC2)CCCC(Oc2cc(F)cc(F)c2)C1. The van der Waals surface area contributed by atoms with Crippen molar-refractivity contribution in [3.63, 3.8) is 0 Å². The Morgan fingerprint density at radius 2 is 1.90 bits per heavy atom. The first-order chi connectivity index (χ1) is 10.1. The molecule has 116 valence electrons. The lowest BCUT2D eigenvalue weighted by atomic mass is 9.80. The average molecular weight is 297 g/mol. The van der Waals surface area contributed by atoms with Crippen molar-refractivity contribution < 1.29 is 18.6 Å². The van der Waals surface area contributed by atoms with Gasteiger partial charge in [0.1, 0.15) is 23.5 Å². The molecule has 2 unspecified atom stereocenters. The second-order valence-corrected chi connectivity index (χ2v) is 6.30. The molecule has 0 bridgehead atoms. The summed E-state index contributed by atoms with van der Waals surface area (Å²) in [5, 5.41) is 13.3. The molecule has 2 N–H and O–H groups in total. The summed E-state index contributed by atoms with van der Waals surface area (Å²) in [7, 11) is 0. The fourth-order valence-corrected chi connectivity index (χ4v) is 3.18. The van der Waals surface area contributed by atoms with E-state index in [1.54, 1.807) is 0 Å². The van der Waals surface area contributed by atoms with Crippen LogP contribution in [0.4, 0.5) is 8.78 Å². The van der Waals surface area contributed by atoms with Crippen molar-refractivity contribution in [3.05, 3.63) is 29.8 Å². The summed E-state index contributed by atoms with van der Waals surface area (Å²) in [5.41, 5.74) is -0.310. The molecule has 3 nitrogen and oxygen atoms in total. The Morgan fingerprint density at radius 1 is 1.19 bits per heavy atom. The first-order valence-corrected chi connectivity index (χ1v) is 7.60. The third kappa shape index (κ3) is 3.71. The highest BCUT2D eigenvalue weighted by molar-refractivity contribution is 5.24. The van der Waals surface area contributed by atoms with E-state index >= 15 is 0 Å². The van der Waals surface area contributed by atoms with Crippen LogP contribution in [0.25, 0.3) is 0 Å². The molecule has 1 aromatic carbocycles. The number of hydrogen-bond donors (Lipinski definition) is 2. The molecule has 2 atom stereocenters. The van der Waals surface area contributed by atoms with E-state index in [1.807, 2.05) is 0 Å². The molecular formula is C16H21F2NO2. The summed E-state index contributed by atoms with van der Waals surface area (Å²) in [5.74, 6) is -1.05. The van der Waals surface area contributed by atoms with Gasteiger partial charge in [-0.3, -0.25) is 0 Å². The first kappa shape index (κ1) is 14.7. The molecule has 0 aromatic heterocycles. The molecule has 0 radical (unpaired) electrons. The highest BCUT2D eigenvalue weighted by Gasteiger charge is 2.40. The molecule has 5 heteroatoms. The van der Waals surface area contributed by atoms with E-state index in [0.29, 0.717) is 12.5 Å². The van der Waals surface area contributed by atoms with E-state index in [2.05, 4.69) is 5.32 Å². The number of rotatable bonds is 5. The fourth-order valence-electron chi connectivity index (χ4n) is 3.18. The topological polar surface area (TPSA) is 41.5 Å². The molecule has 0 spiro atoms. The van der Waals surface area contributed by atoms with Crippen molar-refractivity contribution in [3.8, 4) is 5.75 Å². The molecular weight excluding hydrogens is 276 g/mol. The number of nitrogens with one attached hydrogen (secondary N) is 1. The lowest BCUT2D eigenvalue weighted by Gasteiger charge is -2.40. The zero-order valence-corrected chi connectivity index (χ0v) is 11.9. The highest BCUT2D eigenvalue weighted by Crippen LogP contribution is 2.34. The molecule has 2 aliphatic rings. The van der Waals surface area contributed by atoms with Crippen molar-refractivity contribution in [2.45, 2.75) is 56.2 Å². The molecule has 2 saturated carbocycles. The minimum atomic E-state index is -0.634. The van der Waals surface area contributed by atoms with Gasteiger partial charge in [-0.25, -0.2) is 8.78 Å². The predicted molar refractivity (Wildman–Crippen MR) is 75.2 cm³/mol. The third-order valence-corrected chi connectivity index (χ3v) is 4.33. The quantitative estimate of drug-likeness (QED) is 0.878. The molecule has 0 saturated heterocycles. The maximum absolute atomic E-state index is 13.2. The van der Waals surface area contributed by atoms with Gasteiger partial charge in [0, 0.05) is 36.2 Å². The smallest absolute Gasteiger partial charge is 0.129 e. The maximum Gasteiger partial charge on any atom is 0.129 e. The lowest BCUT2D eigenvalue weighted by molar-refractivity contribution is 0.0494. The summed E-state index contributed by atoms with van der Waals surface area (Å²) in [6.07, 6.45) is 5.54. The minimum Gasteiger partial charge on any atom is -0.490 e. The lowest BCUT2D eigenvalue weighted by Crippen LogP contribution is -2.54. The van der Waals surface area contributed by atoms with E-state index in [0.717, 1.165) is 38.2 Å². The van der Waals surface area contributed by atoms with Gasteiger partial charge in [0.2, 0.25) is 0 Å². The van der Waals surface area contributed by atoms with Crippen molar-refractivity contribution in [2.75, 3.05) is 6.61 Å². The molecule has 2 aliphatic carbocycles. The summed E-state index contributed by atoms with van der Waals surface area (Å²) < 4.78 is 32.2. The van der Waals surface area contributed by atoms with Gasteiger partial charge in [-0.15, -0.1) is 0 Å². The molecule has 2 fully saturated rings. The van der Waals surface area contributed by atoms with Gasteiger partial charge >= 0.3 is 0 Å². The summed E-state index contributed by atoms with van der Waals surface area (Å²) in [6.45, 7) is 0.0703. The molecule has 0 aliphatic heterocycles. The van der Waals surface area contributed by atoms with Gasteiger partial charge in [-0.1, -0.05) is 0 Å². The number of aliphatic hydroxyl groups excluding tert-OH is 1. The monoisotopic (exact) mass is 297 g/mol. The van der Waals surface area contributed by atoms with Crippen LogP contribution in [0.15, 0.2) is 18.2 Å². The summed E-state index contributed by atoms with van der Waals surface area (Å²) >= 11 is 0. The molecule has 0 heterocycles. The summed E-state index contributed by atoms with van der Waals surface area (Å²) in [4.78, 5) is 0. The Labute approximate surface area is 123 Å². The molecule has 3 rings (SSSR count). The minimum absolute atomic E-state index is 0.0703. The Morgan fingerprint density at radius 3 is 2.52 bits per heavy atom. The van der Waals surface area contributed by atoms with Crippen molar-refractivity contribution in [1.82, 2.24) is 5.32 Å². The zero-order chi connectivity index (χ0) is 14.9. The third-order valence-electron chi connectivity index (χ3n) is 4.33. The maximum atomic E-state index is 13.2. The van der Waals surface area contributed by atoms with Crippen molar-refractivity contribution in [1.29, 1.82) is 0 Å². The zero-order valence-electron chi connectivity index (χ0n) is 11.9. The van der Waals surface area contributed by atoms with Crippen LogP contribution in [-0.4, -0.2) is 29.4 Å². The Kier molecular flexibility index (Phi) is 4.13. The largest absolute Gasteiger partial charge is 0.490 e. The standard InChI is InChI=1S/C16H21F2NO2/c17-11-6-12(18)8-15(7-11)21-14-2-1-5-16(9-14,10-20)19-13-3-4-13/h6-8,13-14,19-20H,1-5,9-10H2. The van der Waals surface area contributed by atoms with Crippen LogP contribution in [0, 0.1) is 11.6 Å². The van der Waals surface area contributed by atoms with Crippen LogP contribution in [0.5, 0.6) is 5.75 Å². The van der Waals surface area contributed by atoms with Crippen LogP contribution in [-0.2, 0) is 0 Å². The van der Waals surface area contributed by atoms with Crippen LogP contribution >= 0.6 is 0 Å². The number of halogens is 2. The normalized spacial score (nSPS) is 29.4. The molecule has 0 amide bonds.